The van der Waals surface area contributed by atoms with E-state index in [2.05, 4.69) is 10.5 Å². The predicted molar refractivity (Wildman–Crippen MR) is 82.1 cm³/mol. The van der Waals surface area contributed by atoms with Crippen LogP contribution in [0.5, 0.6) is 0 Å². The second-order valence-electron chi connectivity index (χ2n) is 5.06. The summed E-state index contributed by atoms with van der Waals surface area (Å²) < 4.78 is 4.97. The monoisotopic (exact) mass is 297 g/mol. The number of carbonyl (C=O) groups is 1. The van der Waals surface area contributed by atoms with Crippen LogP contribution in [0.25, 0.3) is 0 Å². The summed E-state index contributed by atoms with van der Waals surface area (Å²) in [5.74, 6) is 0.603. The fourth-order valence-electron chi connectivity index (χ4n) is 2.41. The fourth-order valence-corrected chi connectivity index (χ4v) is 2.70. The Bertz CT molecular complexity index is 465. The highest BCUT2D eigenvalue weighted by Crippen LogP contribution is 2.31. The van der Waals surface area contributed by atoms with Crippen LogP contribution in [0.1, 0.15) is 51.0 Å². The highest BCUT2D eigenvalue weighted by molar-refractivity contribution is 7.80. The minimum atomic E-state index is -0.752. The molecular weight excluding hydrogens is 274 g/mol. The van der Waals surface area contributed by atoms with Crippen molar-refractivity contribution in [3.05, 3.63) is 17.5 Å². The van der Waals surface area contributed by atoms with Crippen molar-refractivity contribution in [1.29, 1.82) is 0 Å². The Labute approximate surface area is 125 Å². The van der Waals surface area contributed by atoms with E-state index in [1.165, 1.54) is 0 Å². The summed E-state index contributed by atoms with van der Waals surface area (Å²) in [5.41, 5.74) is 5.80. The lowest BCUT2D eigenvalue weighted by atomic mass is 9.78. The Balaban J connectivity index is 2.79. The number of rotatable bonds is 8. The standard InChI is InChI=1S/C14H23N3O2S/c1-4-6-14(7-5-2,12(15)20)13(18)16-9-11-8-10(3)19-17-11/h8H,4-7,9H2,1-3H3,(H2,15,20)(H,16,18). The molecule has 1 aromatic heterocycles. The summed E-state index contributed by atoms with van der Waals surface area (Å²) in [4.78, 5) is 12.8. The van der Waals surface area contributed by atoms with Crippen molar-refractivity contribution in [3.8, 4) is 0 Å². The minimum Gasteiger partial charge on any atom is -0.392 e. The van der Waals surface area contributed by atoms with Gasteiger partial charge in [0, 0.05) is 6.07 Å². The molecule has 0 aliphatic rings. The van der Waals surface area contributed by atoms with Crippen molar-refractivity contribution < 1.29 is 9.32 Å². The first-order valence-corrected chi connectivity index (χ1v) is 7.37. The van der Waals surface area contributed by atoms with Crippen LogP contribution in [0, 0.1) is 12.3 Å². The molecular formula is C14H23N3O2S. The molecule has 0 unspecified atom stereocenters. The van der Waals surface area contributed by atoms with E-state index in [9.17, 15) is 4.79 Å². The van der Waals surface area contributed by atoms with Gasteiger partial charge < -0.3 is 15.6 Å². The minimum absolute atomic E-state index is 0.116. The maximum absolute atomic E-state index is 12.5. The normalized spacial score (nSPS) is 11.3. The lowest BCUT2D eigenvalue weighted by molar-refractivity contribution is -0.128. The second-order valence-corrected chi connectivity index (χ2v) is 5.50. The van der Waals surface area contributed by atoms with Gasteiger partial charge in [0.15, 0.2) is 0 Å². The first kappa shape index (κ1) is 16.6. The molecule has 0 atom stereocenters. The lowest BCUT2D eigenvalue weighted by Gasteiger charge is -2.30. The number of carbonyl (C=O) groups excluding carboxylic acids is 1. The molecule has 1 aromatic rings. The van der Waals surface area contributed by atoms with Crippen LogP contribution in [0.4, 0.5) is 0 Å². The molecule has 0 saturated heterocycles. The smallest absolute Gasteiger partial charge is 0.233 e. The number of nitrogens with zero attached hydrogens (tertiary/aromatic N) is 1. The van der Waals surface area contributed by atoms with Gasteiger partial charge in [-0.3, -0.25) is 4.79 Å². The molecule has 0 aliphatic carbocycles. The first-order valence-electron chi connectivity index (χ1n) is 6.96. The van der Waals surface area contributed by atoms with Gasteiger partial charge >= 0.3 is 0 Å². The summed E-state index contributed by atoms with van der Waals surface area (Å²) in [6, 6.07) is 1.79. The Morgan fingerprint density at radius 3 is 2.45 bits per heavy atom. The molecule has 1 rings (SSSR count). The molecule has 0 aromatic carbocycles. The van der Waals surface area contributed by atoms with Crippen molar-refractivity contribution in [2.24, 2.45) is 11.1 Å². The Morgan fingerprint density at radius 2 is 2.05 bits per heavy atom. The number of aromatic nitrogens is 1. The molecule has 112 valence electrons. The molecule has 0 spiro atoms. The van der Waals surface area contributed by atoms with Crippen LogP contribution in [-0.4, -0.2) is 16.1 Å². The predicted octanol–water partition coefficient (Wildman–Crippen LogP) is 2.47. The molecule has 5 nitrogen and oxygen atoms in total. The van der Waals surface area contributed by atoms with Gasteiger partial charge in [0.2, 0.25) is 5.91 Å². The Kier molecular flexibility index (Phi) is 6.13. The van der Waals surface area contributed by atoms with Gasteiger partial charge in [-0.15, -0.1) is 0 Å². The van der Waals surface area contributed by atoms with E-state index in [0.29, 0.717) is 25.1 Å². The summed E-state index contributed by atoms with van der Waals surface area (Å²) in [7, 11) is 0. The van der Waals surface area contributed by atoms with E-state index in [-0.39, 0.29) is 10.9 Å². The van der Waals surface area contributed by atoms with Gasteiger partial charge in [0.1, 0.15) is 11.5 Å². The Hall–Kier alpha value is -1.43. The average Bonchev–Trinajstić information content (AvgIpc) is 2.81. The van der Waals surface area contributed by atoms with E-state index >= 15 is 0 Å². The van der Waals surface area contributed by atoms with Crippen molar-refractivity contribution in [1.82, 2.24) is 10.5 Å². The van der Waals surface area contributed by atoms with Crippen molar-refractivity contribution in [2.45, 2.75) is 53.0 Å². The summed E-state index contributed by atoms with van der Waals surface area (Å²) in [6.07, 6.45) is 3.04. The number of hydrogen-bond acceptors (Lipinski definition) is 4. The largest absolute Gasteiger partial charge is 0.392 e. The molecule has 0 radical (unpaired) electrons. The lowest BCUT2D eigenvalue weighted by Crippen LogP contribution is -2.48. The van der Waals surface area contributed by atoms with E-state index in [1.807, 2.05) is 20.8 Å². The van der Waals surface area contributed by atoms with Crippen molar-refractivity contribution in [2.75, 3.05) is 0 Å². The molecule has 0 bridgehead atoms. The summed E-state index contributed by atoms with van der Waals surface area (Å²) in [6.45, 7) is 6.19. The van der Waals surface area contributed by atoms with E-state index in [0.717, 1.165) is 18.6 Å². The first-order chi connectivity index (χ1) is 9.46. The number of nitrogens with two attached hydrogens (primary N) is 1. The molecule has 1 amide bonds. The SMILES string of the molecule is CCCC(CCC)(C(=O)NCc1cc(C)on1)C(N)=S. The quantitative estimate of drug-likeness (QED) is 0.720. The van der Waals surface area contributed by atoms with Gasteiger partial charge in [-0.25, -0.2) is 0 Å². The third kappa shape index (κ3) is 3.79. The molecule has 0 saturated carbocycles. The third-order valence-electron chi connectivity index (χ3n) is 3.37. The van der Waals surface area contributed by atoms with Gasteiger partial charge in [-0.2, -0.15) is 0 Å². The molecule has 0 aliphatic heterocycles. The van der Waals surface area contributed by atoms with Crippen LogP contribution in [-0.2, 0) is 11.3 Å². The van der Waals surface area contributed by atoms with Gasteiger partial charge in [0.05, 0.1) is 16.9 Å². The number of thiocarbonyl (C=S) groups is 1. The van der Waals surface area contributed by atoms with Gasteiger partial charge in [-0.1, -0.05) is 44.1 Å². The molecule has 20 heavy (non-hydrogen) atoms. The highest BCUT2D eigenvalue weighted by Gasteiger charge is 2.39. The third-order valence-corrected chi connectivity index (χ3v) is 3.76. The number of amides is 1. The highest BCUT2D eigenvalue weighted by atomic mass is 32.1. The summed E-state index contributed by atoms with van der Waals surface area (Å²) in [5, 5.41) is 6.73. The molecule has 0 fully saturated rings. The van der Waals surface area contributed by atoms with E-state index < -0.39 is 5.41 Å². The van der Waals surface area contributed by atoms with Gasteiger partial charge in [0.25, 0.3) is 0 Å². The van der Waals surface area contributed by atoms with Crippen LogP contribution < -0.4 is 11.1 Å². The maximum atomic E-state index is 12.5. The van der Waals surface area contributed by atoms with Crippen LogP contribution in [0.3, 0.4) is 0 Å². The van der Waals surface area contributed by atoms with E-state index in [1.54, 1.807) is 6.07 Å². The number of hydrogen-bond donors (Lipinski definition) is 2. The topological polar surface area (TPSA) is 81.2 Å². The molecule has 6 heteroatoms. The van der Waals surface area contributed by atoms with Crippen LogP contribution in [0.2, 0.25) is 0 Å². The summed E-state index contributed by atoms with van der Waals surface area (Å²) >= 11 is 5.15. The zero-order valence-corrected chi connectivity index (χ0v) is 13.2. The number of aryl methyl sites for hydroxylation is 1. The van der Waals surface area contributed by atoms with Gasteiger partial charge in [-0.05, 0) is 19.8 Å². The van der Waals surface area contributed by atoms with Crippen molar-refractivity contribution >= 4 is 23.1 Å². The molecule has 1 heterocycles. The zero-order valence-electron chi connectivity index (χ0n) is 12.4. The maximum Gasteiger partial charge on any atom is 0.233 e. The second kappa shape index (κ2) is 7.38. The molecule has 3 N–H and O–H groups in total. The fraction of sp³-hybridized carbons (Fsp3) is 0.643. The van der Waals surface area contributed by atoms with Crippen molar-refractivity contribution in [3.63, 3.8) is 0 Å². The Morgan fingerprint density at radius 1 is 1.45 bits per heavy atom. The average molecular weight is 297 g/mol. The van der Waals surface area contributed by atoms with Crippen LogP contribution >= 0.6 is 12.2 Å². The van der Waals surface area contributed by atoms with E-state index in [4.69, 9.17) is 22.5 Å². The zero-order chi connectivity index (χ0) is 15.2. The van der Waals surface area contributed by atoms with Crippen LogP contribution in [0.15, 0.2) is 10.6 Å². The number of nitrogens with one attached hydrogen (secondary N) is 1.